The van der Waals surface area contributed by atoms with Crippen molar-refractivity contribution in [2.45, 2.75) is 64.1 Å². The third kappa shape index (κ3) is 2.33. The molecule has 0 aliphatic carbocycles. The first-order valence-corrected chi connectivity index (χ1v) is 6.24. The number of carbonyl (C=O) groups excluding carboxylic acids is 1. The molecule has 3 heteroatoms. The minimum Gasteiger partial charge on any atom is -0.340 e. The van der Waals surface area contributed by atoms with Crippen molar-refractivity contribution in [1.29, 1.82) is 0 Å². The number of carbonyl (C=O) groups is 1. The molecule has 0 aromatic heterocycles. The molecule has 2 saturated heterocycles. The van der Waals surface area contributed by atoms with Gasteiger partial charge < -0.3 is 10.2 Å². The number of nitrogens with zero attached hydrogens (tertiary/aromatic N) is 1. The maximum atomic E-state index is 11.6. The molecule has 2 heterocycles. The van der Waals surface area contributed by atoms with Gasteiger partial charge in [0.15, 0.2) is 0 Å². The van der Waals surface area contributed by atoms with Crippen LogP contribution < -0.4 is 5.32 Å². The van der Waals surface area contributed by atoms with E-state index < -0.39 is 0 Å². The minimum absolute atomic E-state index is 0.253. The second-order valence-corrected chi connectivity index (χ2v) is 4.98. The Bertz CT molecular complexity index is 230. The zero-order valence-corrected chi connectivity index (χ0v) is 9.83. The molecule has 3 nitrogen and oxygen atoms in total. The Morgan fingerprint density at radius 2 is 1.93 bits per heavy atom. The molecule has 0 saturated carbocycles. The van der Waals surface area contributed by atoms with E-state index in [1.165, 1.54) is 12.8 Å². The van der Waals surface area contributed by atoms with Crippen LogP contribution in [0.2, 0.25) is 0 Å². The van der Waals surface area contributed by atoms with E-state index in [4.69, 9.17) is 0 Å². The fourth-order valence-electron chi connectivity index (χ4n) is 3.12. The molecule has 0 spiro atoms. The van der Waals surface area contributed by atoms with Gasteiger partial charge in [0, 0.05) is 31.6 Å². The molecular weight excluding hydrogens is 188 g/mol. The predicted octanol–water partition coefficient (Wildman–Crippen LogP) is 1.53. The Kier molecular flexibility index (Phi) is 3.29. The van der Waals surface area contributed by atoms with Crippen molar-refractivity contribution < 1.29 is 4.79 Å². The first kappa shape index (κ1) is 10.9. The molecule has 2 atom stereocenters. The molecule has 2 unspecified atom stereocenters. The topological polar surface area (TPSA) is 32.3 Å². The molecule has 2 aliphatic heterocycles. The van der Waals surface area contributed by atoms with Crippen LogP contribution in [0.1, 0.15) is 46.0 Å². The number of fused-ring (bicyclic) bond motifs is 2. The summed E-state index contributed by atoms with van der Waals surface area (Å²) < 4.78 is 0. The van der Waals surface area contributed by atoms with Crippen molar-refractivity contribution in [3.8, 4) is 0 Å². The van der Waals surface area contributed by atoms with Crippen molar-refractivity contribution in [2.75, 3.05) is 6.54 Å². The third-order valence-corrected chi connectivity index (χ3v) is 3.76. The van der Waals surface area contributed by atoms with Crippen molar-refractivity contribution in [3.05, 3.63) is 0 Å². The van der Waals surface area contributed by atoms with Gasteiger partial charge in [0.2, 0.25) is 5.91 Å². The van der Waals surface area contributed by atoms with Crippen LogP contribution in [0.5, 0.6) is 0 Å². The lowest BCUT2D eigenvalue weighted by molar-refractivity contribution is -0.132. The molecular formula is C12H22N2O. The van der Waals surface area contributed by atoms with E-state index in [0.29, 0.717) is 18.1 Å². The Balaban J connectivity index is 1.98. The molecule has 0 aromatic carbocycles. The van der Waals surface area contributed by atoms with Crippen LogP contribution >= 0.6 is 0 Å². The van der Waals surface area contributed by atoms with Crippen molar-refractivity contribution in [2.24, 2.45) is 0 Å². The van der Waals surface area contributed by atoms with Crippen molar-refractivity contribution in [1.82, 2.24) is 10.2 Å². The Morgan fingerprint density at radius 3 is 2.40 bits per heavy atom. The van der Waals surface area contributed by atoms with Gasteiger partial charge in [0.25, 0.3) is 0 Å². The number of nitrogens with one attached hydrogen (secondary N) is 1. The summed E-state index contributed by atoms with van der Waals surface area (Å²) in [6.07, 6.45) is 6.00. The van der Waals surface area contributed by atoms with Crippen molar-refractivity contribution in [3.63, 3.8) is 0 Å². The summed E-state index contributed by atoms with van der Waals surface area (Å²) in [4.78, 5) is 13.7. The second-order valence-electron chi connectivity index (χ2n) is 4.98. The van der Waals surface area contributed by atoms with Gasteiger partial charge in [-0.25, -0.2) is 0 Å². The van der Waals surface area contributed by atoms with Crippen LogP contribution in [-0.2, 0) is 4.79 Å². The summed E-state index contributed by atoms with van der Waals surface area (Å²) in [5, 5.41) is 3.62. The van der Waals surface area contributed by atoms with Gasteiger partial charge >= 0.3 is 0 Å². The average molecular weight is 210 g/mol. The molecule has 1 N–H and O–H groups in total. The highest BCUT2D eigenvalue weighted by Gasteiger charge is 2.36. The first-order chi connectivity index (χ1) is 7.20. The molecule has 0 radical (unpaired) electrons. The lowest BCUT2D eigenvalue weighted by atomic mass is 9.98. The van der Waals surface area contributed by atoms with Gasteiger partial charge in [-0.05, 0) is 32.1 Å². The lowest BCUT2D eigenvalue weighted by Gasteiger charge is -2.37. The molecule has 2 fully saturated rings. The number of hydrogen-bond acceptors (Lipinski definition) is 2. The molecule has 1 amide bonds. The highest BCUT2D eigenvalue weighted by Crippen LogP contribution is 2.29. The summed E-state index contributed by atoms with van der Waals surface area (Å²) in [6, 6.07) is 1.85. The van der Waals surface area contributed by atoms with Gasteiger partial charge in [-0.1, -0.05) is 6.92 Å². The van der Waals surface area contributed by atoms with Gasteiger partial charge in [-0.15, -0.1) is 0 Å². The summed E-state index contributed by atoms with van der Waals surface area (Å²) in [5.74, 6) is 0.253. The van der Waals surface area contributed by atoms with Crippen molar-refractivity contribution >= 4 is 5.91 Å². The third-order valence-electron chi connectivity index (χ3n) is 3.76. The van der Waals surface area contributed by atoms with Crippen LogP contribution in [0.25, 0.3) is 0 Å². The highest BCUT2D eigenvalue weighted by molar-refractivity contribution is 5.73. The quantitative estimate of drug-likeness (QED) is 0.766. The van der Waals surface area contributed by atoms with E-state index in [-0.39, 0.29) is 5.91 Å². The predicted molar refractivity (Wildman–Crippen MR) is 60.6 cm³/mol. The first-order valence-electron chi connectivity index (χ1n) is 6.24. The van der Waals surface area contributed by atoms with Crippen LogP contribution in [0.15, 0.2) is 0 Å². The molecule has 15 heavy (non-hydrogen) atoms. The number of hydrogen-bond donors (Lipinski definition) is 1. The molecule has 2 aliphatic rings. The average Bonchev–Trinajstić information content (AvgIpc) is 2.54. The summed E-state index contributed by atoms with van der Waals surface area (Å²) in [7, 11) is 0. The number of rotatable bonds is 3. The van der Waals surface area contributed by atoms with E-state index in [1.807, 2.05) is 0 Å². The Hall–Kier alpha value is -0.570. The van der Waals surface area contributed by atoms with Gasteiger partial charge in [0.1, 0.15) is 0 Å². The monoisotopic (exact) mass is 210 g/mol. The maximum absolute atomic E-state index is 11.6. The molecule has 0 aromatic rings. The van der Waals surface area contributed by atoms with E-state index >= 15 is 0 Å². The fourth-order valence-corrected chi connectivity index (χ4v) is 3.12. The van der Waals surface area contributed by atoms with Gasteiger partial charge in [-0.2, -0.15) is 0 Å². The number of amides is 1. The van der Waals surface area contributed by atoms with Crippen LogP contribution in [0.3, 0.4) is 0 Å². The second kappa shape index (κ2) is 4.52. The van der Waals surface area contributed by atoms with Crippen LogP contribution in [-0.4, -0.2) is 35.5 Å². The highest BCUT2D eigenvalue weighted by atomic mass is 16.2. The molecule has 86 valence electrons. The largest absolute Gasteiger partial charge is 0.340 e. The van der Waals surface area contributed by atoms with Gasteiger partial charge in [0.05, 0.1) is 0 Å². The van der Waals surface area contributed by atoms with E-state index in [1.54, 1.807) is 6.92 Å². The standard InChI is InChI=1S/C12H22N2O/c1-3-6-14(9(2)15)12-7-10-4-5-11(8-12)13-10/h10-13H,3-8H2,1-2H3. The Morgan fingerprint density at radius 1 is 1.33 bits per heavy atom. The van der Waals surface area contributed by atoms with E-state index in [9.17, 15) is 4.79 Å². The van der Waals surface area contributed by atoms with Crippen LogP contribution in [0.4, 0.5) is 0 Å². The molecule has 2 rings (SSSR count). The summed E-state index contributed by atoms with van der Waals surface area (Å²) in [6.45, 7) is 4.78. The van der Waals surface area contributed by atoms with Gasteiger partial charge in [-0.3, -0.25) is 4.79 Å². The SMILES string of the molecule is CCCN(C(C)=O)C1CC2CCC(C1)N2. The minimum atomic E-state index is 0.253. The number of piperidine rings is 1. The normalized spacial score (nSPS) is 34.1. The summed E-state index contributed by atoms with van der Waals surface area (Å²) >= 11 is 0. The summed E-state index contributed by atoms with van der Waals surface area (Å²) in [5.41, 5.74) is 0. The smallest absolute Gasteiger partial charge is 0.219 e. The maximum Gasteiger partial charge on any atom is 0.219 e. The molecule has 2 bridgehead atoms. The zero-order valence-electron chi connectivity index (χ0n) is 9.83. The van der Waals surface area contributed by atoms with E-state index in [0.717, 1.165) is 25.8 Å². The van der Waals surface area contributed by atoms with E-state index in [2.05, 4.69) is 17.1 Å². The Labute approximate surface area is 92.2 Å². The fraction of sp³-hybridized carbons (Fsp3) is 0.917. The van der Waals surface area contributed by atoms with Crippen LogP contribution in [0, 0.1) is 0 Å². The zero-order chi connectivity index (χ0) is 10.8. The lowest BCUT2D eigenvalue weighted by Crippen LogP contribution is -2.49.